The molecule has 0 fully saturated rings. The Morgan fingerprint density at radius 1 is 1.13 bits per heavy atom. The van der Waals surface area contributed by atoms with Crippen molar-refractivity contribution in [2.45, 2.75) is 52.4 Å². The number of carboxylic acid groups (broad SMARTS) is 1. The molecule has 1 unspecified atom stereocenters. The number of nitrogens with one attached hydrogen (secondary N) is 1. The summed E-state index contributed by atoms with van der Waals surface area (Å²) in [4.78, 5) is 24.1. The lowest BCUT2D eigenvalue weighted by Crippen LogP contribution is -2.29. The third kappa shape index (κ3) is 7.73. The minimum atomic E-state index is -1.02. The number of hydrogen-bond donors (Lipinski definition) is 2. The molecule has 0 radical (unpaired) electrons. The number of rotatable bonds is 11. The number of aliphatic carboxylic acids is 1. The Labute approximate surface area is 192 Å². The van der Waals surface area contributed by atoms with Gasteiger partial charge in [-0.15, -0.1) is 0 Å². The van der Waals surface area contributed by atoms with E-state index < -0.39 is 12.1 Å². The van der Waals surface area contributed by atoms with E-state index in [1.54, 1.807) is 32.0 Å². The highest BCUT2D eigenvalue weighted by Gasteiger charge is 2.21. The van der Waals surface area contributed by atoms with Crippen LogP contribution in [0.5, 0.6) is 5.75 Å². The van der Waals surface area contributed by atoms with Crippen LogP contribution in [0.15, 0.2) is 36.4 Å². The Bertz CT molecular complexity index is 917. The Kier molecular flexibility index (Phi) is 9.62. The van der Waals surface area contributed by atoms with Gasteiger partial charge >= 0.3 is 5.97 Å². The predicted molar refractivity (Wildman–Crippen MR) is 121 cm³/mol. The first-order valence-corrected chi connectivity index (χ1v) is 10.8. The molecule has 1 atom stereocenters. The van der Waals surface area contributed by atoms with Crippen LogP contribution in [0.2, 0.25) is 10.0 Å². The summed E-state index contributed by atoms with van der Waals surface area (Å²) in [7, 11) is 0. The van der Waals surface area contributed by atoms with Crippen LogP contribution in [0.25, 0.3) is 0 Å². The van der Waals surface area contributed by atoms with Gasteiger partial charge in [-0.1, -0.05) is 42.3 Å². The summed E-state index contributed by atoms with van der Waals surface area (Å²) < 4.78 is 11.3. The third-order valence-electron chi connectivity index (χ3n) is 4.33. The van der Waals surface area contributed by atoms with Crippen molar-refractivity contribution in [3.63, 3.8) is 0 Å². The number of carboxylic acids is 1. The average molecular weight is 468 g/mol. The molecule has 0 spiro atoms. The van der Waals surface area contributed by atoms with Crippen molar-refractivity contribution in [1.82, 2.24) is 5.32 Å². The van der Waals surface area contributed by atoms with Crippen molar-refractivity contribution in [3.05, 3.63) is 63.1 Å². The molecule has 0 saturated carbocycles. The zero-order chi connectivity index (χ0) is 23.0. The Morgan fingerprint density at radius 2 is 1.87 bits per heavy atom. The Balaban J connectivity index is 2.20. The van der Waals surface area contributed by atoms with Gasteiger partial charge in [-0.05, 0) is 50.1 Å². The van der Waals surface area contributed by atoms with Gasteiger partial charge in [0.05, 0.1) is 23.3 Å². The number of hydrogen-bond acceptors (Lipinski definition) is 4. The lowest BCUT2D eigenvalue weighted by atomic mass is 10.0. The number of amides is 1. The molecule has 2 aromatic carbocycles. The first-order chi connectivity index (χ1) is 14.7. The van der Waals surface area contributed by atoms with Crippen molar-refractivity contribution in [3.8, 4) is 5.75 Å². The van der Waals surface area contributed by atoms with Crippen molar-refractivity contribution in [2.75, 3.05) is 6.61 Å². The van der Waals surface area contributed by atoms with Crippen molar-refractivity contribution in [1.29, 1.82) is 0 Å². The van der Waals surface area contributed by atoms with Gasteiger partial charge in [-0.3, -0.25) is 4.79 Å². The second-order valence-corrected chi connectivity index (χ2v) is 8.16. The van der Waals surface area contributed by atoms with Crippen LogP contribution < -0.4 is 10.1 Å². The number of ether oxygens (including phenoxy) is 2. The number of halogens is 2. The molecule has 0 bridgehead atoms. The van der Waals surface area contributed by atoms with Gasteiger partial charge in [0.2, 0.25) is 0 Å². The molecule has 0 aliphatic heterocycles. The molecule has 2 aromatic rings. The molecule has 168 valence electrons. The van der Waals surface area contributed by atoms with E-state index in [4.69, 9.17) is 32.7 Å². The largest absolute Gasteiger partial charge is 0.493 e. The fourth-order valence-electron chi connectivity index (χ4n) is 2.93. The molecule has 0 heterocycles. The predicted octanol–water partition coefficient (Wildman–Crippen LogP) is 5.13. The standard InChI is InChI=1S/C23H27Cl2NO5/c1-4-9-30-20-8-5-15(11-21(23(28)29)31-14(2)3)10-16(20)13-26-22(27)18-7-6-17(24)12-19(18)25/h5-8,10,12,14,21H,4,9,11,13H2,1-3H3,(H,26,27)(H,28,29). The lowest BCUT2D eigenvalue weighted by molar-refractivity contribution is -0.153. The van der Waals surface area contributed by atoms with E-state index >= 15 is 0 Å². The van der Waals surface area contributed by atoms with Gasteiger partial charge in [0.15, 0.2) is 6.10 Å². The zero-order valence-electron chi connectivity index (χ0n) is 17.8. The highest BCUT2D eigenvalue weighted by molar-refractivity contribution is 6.36. The van der Waals surface area contributed by atoms with E-state index in [0.717, 1.165) is 17.5 Å². The van der Waals surface area contributed by atoms with E-state index in [2.05, 4.69) is 5.32 Å². The Hall–Kier alpha value is -2.28. The van der Waals surface area contributed by atoms with Crippen LogP contribution in [0, 0.1) is 0 Å². The lowest BCUT2D eigenvalue weighted by Gasteiger charge is -2.18. The van der Waals surface area contributed by atoms with Gasteiger partial charge in [-0.25, -0.2) is 4.79 Å². The van der Waals surface area contributed by atoms with Gasteiger partial charge < -0.3 is 19.9 Å². The fraction of sp³-hybridized carbons (Fsp3) is 0.391. The summed E-state index contributed by atoms with van der Waals surface area (Å²) in [5.74, 6) is -0.739. The topological polar surface area (TPSA) is 84.9 Å². The van der Waals surface area contributed by atoms with E-state index in [1.807, 2.05) is 19.1 Å². The molecule has 2 N–H and O–H groups in total. The van der Waals surface area contributed by atoms with Crippen LogP contribution in [0.4, 0.5) is 0 Å². The highest BCUT2D eigenvalue weighted by atomic mass is 35.5. The third-order valence-corrected chi connectivity index (χ3v) is 4.88. The smallest absolute Gasteiger partial charge is 0.333 e. The average Bonchev–Trinajstić information content (AvgIpc) is 2.70. The molecule has 2 rings (SSSR count). The minimum Gasteiger partial charge on any atom is -0.493 e. The molecular formula is C23H27Cl2NO5. The van der Waals surface area contributed by atoms with E-state index in [0.29, 0.717) is 22.9 Å². The summed E-state index contributed by atoms with van der Waals surface area (Å²) in [6.45, 7) is 6.30. The first-order valence-electron chi connectivity index (χ1n) is 10.1. The van der Waals surface area contributed by atoms with Crippen LogP contribution in [-0.2, 0) is 22.5 Å². The van der Waals surface area contributed by atoms with Crippen LogP contribution in [-0.4, -0.2) is 35.8 Å². The second kappa shape index (κ2) is 11.9. The SMILES string of the molecule is CCCOc1ccc(CC(OC(C)C)C(=O)O)cc1CNC(=O)c1ccc(Cl)cc1Cl. The molecule has 0 aromatic heterocycles. The van der Waals surface area contributed by atoms with Gasteiger partial charge in [0.25, 0.3) is 5.91 Å². The molecule has 1 amide bonds. The number of carbonyl (C=O) groups excluding carboxylic acids is 1. The summed E-state index contributed by atoms with van der Waals surface area (Å²) in [5, 5.41) is 13.0. The van der Waals surface area contributed by atoms with Crippen LogP contribution in [0.3, 0.4) is 0 Å². The molecule has 8 heteroatoms. The zero-order valence-corrected chi connectivity index (χ0v) is 19.3. The van der Waals surface area contributed by atoms with Crippen molar-refractivity contribution < 1.29 is 24.2 Å². The summed E-state index contributed by atoms with van der Waals surface area (Å²) >= 11 is 12.0. The van der Waals surface area contributed by atoms with Crippen molar-refractivity contribution in [2.24, 2.45) is 0 Å². The second-order valence-electron chi connectivity index (χ2n) is 7.31. The van der Waals surface area contributed by atoms with E-state index in [1.165, 1.54) is 6.07 Å². The van der Waals surface area contributed by atoms with Crippen molar-refractivity contribution >= 4 is 35.1 Å². The summed E-state index contributed by atoms with van der Waals surface area (Å²) in [6, 6.07) is 10.1. The molecule has 31 heavy (non-hydrogen) atoms. The highest BCUT2D eigenvalue weighted by Crippen LogP contribution is 2.24. The summed E-state index contributed by atoms with van der Waals surface area (Å²) in [5.41, 5.74) is 1.82. The maximum Gasteiger partial charge on any atom is 0.333 e. The monoisotopic (exact) mass is 467 g/mol. The maximum absolute atomic E-state index is 12.6. The molecule has 0 aliphatic rings. The quantitative estimate of drug-likeness (QED) is 0.478. The molecule has 0 aliphatic carbocycles. The Morgan fingerprint density at radius 3 is 2.48 bits per heavy atom. The first kappa shape index (κ1) is 25.0. The van der Waals surface area contributed by atoms with Gasteiger partial charge in [0, 0.05) is 23.6 Å². The molecule has 6 nitrogen and oxygen atoms in total. The maximum atomic E-state index is 12.6. The van der Waals surface area contributed by atoms with E-state index in [-0.39, 0.29) is 30.0 Å². The minimum absolute atomic E-state index is 0.188. The molecule has 0 saturated heterocycles. The van der Waals surface area contributed by atoms with Crippen LogP contribution >= 0.6 is 23.2 Å². The van der Waals surface area contributed by atoms with Crippen LogP contribution in [0.1, 0.15) is 48.7 Å². The molecular weight excluding hydrogens is 441 g/mol. The number of benzene rings is 2. The van der Waals surface area contributed by atoms with E-state index in [9.17, 15) is 14.7 Å². The summed E-state index contributed by atoms with van der Waals surface area (Å²) in [6.07, 6.45) is -0.142. The van der Waals surface area contributed by atoms with Gasteiger partial charge in [0.1, 0.15) is 5.75 Å². The normalized spacial score (nSPS) is 11.9. The van der Waals surface area contributed by atoms with Gasteiger partial charge in [-0.2, -0.15) is 0 Å². The fourth-order valence-corrected chi connectivity index (χ4v) is 3.43. The number of carbonyl (C=O) groups is 2.